The lowest BCUT2D eigenvalue weighted by Gasteiger charge is -2.36. The lowest BCUT2D eigenvalue weighted by molar-refractivity contribution is -0.127. The molecule has 3 aliphatic rings. The summed E-state index contributed by atoms with van der Waals surface area (Å²) in [6.45, 7) is 5.97. The Morgan fingerprint density at radius 2 is 1.73 bits per heavy atom. The van der Waals surface area contributed by atoms with Gasteiger partial charge < -0.3 is 4.74 Å². The number of carbonyl (C=O) groups is 2. The van der Waals surface area contributed by atoms with Gasteiger partial charge >= 0.3 is 0 Å². The maximum atomic E-state index is 12.6. The van der Waals surface area contributed by atoms with Crippen molar-refractivity contribution in [3.63, 3.8) is 0 Å². The van der Waals surface area contributed by atoms with Crippen molar-refractivity contribution in [3.05, 3.63) is 10.5 Å². The highest BCUT2D eigenvalue weighted by molar-refractivity contribution is 8.18. The van der Waals surface area contributed by atoms with Crippen molar-refractivity contribution in [3.8, 4) is 0 Å². The van der Waals surface area contributed by atoms with Crippen molar-refractivity contribution in [2.24, 2.45) is 0 Å². The average Bonchev–Trinajstić information content (AvgIpc) is 2.75. The summed E-state index contributed by atoms with van der Waals surface area (Å²) in [5.41, 5.74) is 1.20. The van der Waals surface area contributed by atoms with Crippen molar-refractivity contribution in [2.75, 3.05) is 19.8 Å². The van der Waals surface area contributed by atoms with Gasteiger partial charge in [0.2, 0.25) is 0 Å². The molecular formula is C16H24N2O3S. The Morgan fingerprint density at radius 1 is 1.09 bits per heavy atom. The highest BCUT2D eigenvalue weighted by Crippen LogP contribution is 2.38. The minimum absolute atomic E-state index is 0.0845. The van der Waals surface area contributed by atoms with Crippen molar-refractivity contribution in [2.45, 2.75) is 58.2 Å². The average molecular weight is 324 g/mol. The van der Waals surface area contributed by atoms with E-state index in [-0.39, 0.29) is 23.4 Å². The first-order valence-electron chi connectivity index (χ1n) is 8.18. The number of amides is 2. The van der Waals surface area contributed by atoms with Gasteiger partial charge in [-0.3, -0.25) is 19.4 Å². The fraction of sp³-hybridized carbons (Fsp3) is 0.750. The molecule has 122 valence electrons. The molecule has 6 heteroatoms. The van der Waals surface area contributed by atoms with E-state index in [2.05, 4.69) is 4.90 Å². The Bertz CT molecular complexity index is 488. The van der Waals surface area contributed by atoms with Crippen molar-refractivity contribution in [1.82, 2.24) is 9.80 Å². The van der Waals surface area contributed by atoms with Gasteiger partial charge in [-0.15, -0.1) is 0 Å². The standard InChI is InChI=1S/C16H24N2O3S/c1-11-8-17(9-12(2)21-11)10-18-15(19)14(22-16(18)20)13-6-4-3-5-7-13/h11-12H,3-10H2,1-2H3. The molecule has 2 atom stereocenters. The van der Waals surface area contributed by atoms with Crippen molar-refractivity contribution >= 4 is 22.9 Å². The summed E-state index contributed by atoms with van der Waals surface area (Å²) in [6.07, 6.45) is 5.73. The van der Waals surface area contributed by atoms with Gasteiger partial charge in [0, 0.05) is 13.1 Å². The Hall–Kier alpha value is -0.850. The molecule has 0 spiro atoms. The molecule has 1 aliphatic carbocycles. The van der Waals surface area contributed by atoms with Gasteiger partial charge in [-0.25, -0.2) is 0 Å². The van der Waals surface area contributed by atoms with E-state index in [1.807, 2.05) is 13.8 Å². The van der Waals surface area contributed by atoms with E-state index in [0.29, 0.717) is 11.6 Å². The van der Waals surface area contributed by atoms with Gasteiger partial charge in [0.15, 0.2) is 0 Å². The first-order valence-corrected chi connectivity index (χ1v) is 8.99. The van der Waals surface area contributed by atoms with Crippen molar-refractivity contribution < 1.29 is 14.3 Å². The van der Waals surface area contributed by atoms with E-state index >= 15 is 0 Å². The van der Waals surface area contributed by atoms with E-state index in [1.54, 1.807) is 0 Å². The number of morpholine rings is 1. The van der Waals surface area contributed by atoms with Crippen LogP contribution in [-0.2, 0) is 9.53 Å². The molecule has 2 amide bonds. The van der Waals surface area contributed by atoms with Crippen LogP contribution < -0.4 is 0 Å². The summed E-state index contributed by atoms with van der Waals surface area (Å²) in [5.74, 6) is -0.0845. The van der Waals surface area contributed by atoms with Gasteiger partial charge in [0.05, 0.1) is 23.8 Å². The van der Waals surface area contributed by atoms with Gasteiger partial charge in [0.25, 0.3) is 11.1 Å². The van der Waals surface area contributed by atoms with Crippen LogP contribution in [0.5, 0.6) is 0 Å². The number of nitrogens with zero attached hydrogens (tertiary/aromatic N) is 2. The normalized spacial score (nSPS) is 31.3. The first-order chi connectivity index (χ1) is 10.5. The number of hydrogen-bond acceptors (Lipinski definition) is 5. The predicted molar refractivity (Wildman–Crippen MR) is 86.4 cm³/mol. The summed E-state index contributed by atoms with van der Waals surface area (Å²) in [5, 5.41) is -0.120. The van der Waals surface area contributed by atoms with E-state index in [9.17, 15) is 9.59 Å². The molecule has 5 nitrogen and oxygen atoms in total. The third-order valence-corrected chi connectivity index (χ3v) is 5.53. The molecule has 3 fully saturated rings. The van der Waals surface area contributed by atoms with Crippen LogP contribution in [0.3, 0.4) is 0 Å². The monoisotopic (exact) mass is 324 g/mol. The summed E-state index contributed by atoms with van der Waals surface area (Å²) in [4.78, 5) is 29.1. The number of imide groups is 1. The predicted octanol–water partition coefficient (Wildman–Crippen LogP) is 2.97. The smallest absolute Gasteiger partial charge is 0.294 e. The molecule has 0 aromatic heterocycles. The maximum absolute atomic E-state index is 12.6. The minimum atomic E-state index is -0.120. The number of hydrogen-bond donors (Lipinski definition) is 0. The quantitative estimate of drug-likeness (QED) is 0.731. The molecule has 22 heavy (non-hydrogen) atoms. The molecule has 2 heterocycles. The molecular weight excluding hydrogens is 300 g/mol. The topological polar surface area (TPSA) is 49.9 Å². The molecule has 0 aromatic rings. The molecule has 2 saturated heterocycles. The van der Waals surface area contributed by atoms with Crippen molar-refractivity contribution in [1.29, 1.82) is 0 Å². The Morgan fingerprint density at radius 3 is 2.36 bits per heavy atom. The SMILES string of the molecule is CC1CN(CN2C(=O)SC(=C3CCCCC3)C2=O)CC(C)O1. The van der Waals surface area contributed by atoms with Crippen LogP contribution in [0.15, 0.2) is 10.5 Å². The largest absolute Gasteiger partial charge is 0.373 e. The highest BCUT2D eigenvalue weighted by atomic mass is 32.2. The number of allylic oxidation sites excluding steroid dienone is 1. The van der Waals surface area contributed by atoms with Crippen LogP contribution >= 0.6 is 11.8 Å². The van der Waals surface area contributed by atoms with Crippen LogP contribution in [0.4, 0.5) is 4.79 Å². The highest BCUT2D eigenvalue weighted by Gasteiger charge is 2.38. The van der Waals surface area contributed by atoms with E-state index in [4.69, 9.17) is 4.74 Å². The summed E-state index contributed by atoms with van der Waals surface area (Å²) < 4.78 is 5.71. The fourth-order valence-corrected chi connectivity index (χ4v) is 4.51. The van der Waals surface area contributed by atoms with Crippen LogP contribution in [0.25, 0.3) is 0 Å². The summed E-state index contributed by atoms with van der Waals surface area (Å²) in [6, 6.07) is 0. The second-order valence-electron chi connectivity index (χ2n) is 6.53. The second kappa shape index (κ2) is 6.72. The Kier molecular flexibility index (Phi) is 4.90. The van der Waals surface area contributed by atoms with Gasteiger partial charge in [0.1, 0.15) is 0 Å². The molecule has 0 bridgehead atoms. The first kappa shape index (κ1) is 16.0. The van der Waals surface area contributed by atoms with Crippen LogP contribution in [0, 0.1) is 0 Å². The maximum Gasteiger partial charge on any atom is 0.294 e. The van der Waals surface area contributed by atoms with Crippen LogP contribution in [0.1, 0.15) is 46.0 Å². The van der Waals surface area contributed by atoms with Gasteiger partial charge in [-0.2, -0.15) is 0 Å². The summed E-state index contributed by atoms with van der Waals surface area (Å²) in [7, 11) is 0. The zero-order valence-electron chi connectivity index (χ0n) is 13.3. The zero-order valence-corrected chi connectivity index (χ0v) is 14.2. The lowest BCUT2D eigenvalue weighted by atomic mass is 9.94. The third kappa shape index (κ3) is 3.39. The molecule has 0 aromatic carbocycles. The number of ether oxygens (including phenoxy) is 1. The zero-order chi connectivity index (χ0) is 15.7. The number of carbonyl (C=O) groups excluding carboxylic acids is 2. The number of rotatable bonds is 2. The summed E-state index contributed by atoms with van der Waals surface area (Å²) >= 11 is 1.14. The van der Waals surface area contributed by atoms with Crippen LogP contribution in [-0.4, -0.2) is 52.9 Å². The minimum Gasteiger partial charge on any atom is -0.373 e. The van der Waals surface area contributed by atoms with E-state index in [1.165, 1.54) is 16.9 Å². The lowest BCUT2D eigenvalue weighted by Crippen LogP contribution is -2.50. The van der Waals surface area contributed by atoms with E-state index in [0.717, 1.165) is 50.5 Å². The Balaban J connectivity index is 1.69. The number of thioether (sulfide) groups is 1. The molecule has 2 unspecified atom stereocenters. The molecule has 0 radical (unpaired) electrons. The molecule has 2 aliphatic heterocycles. The fourth-order valence-electron chi connectivity index (χ4n) is 3.54. The Labute approximate surface area is 136 Å². The van der Waals surface area contributed by atoms with Gasteiger partial charge in [-0.1, -0.05) is 12.0 Å². The van der Waals surface area contributed by atoms with Crippen LogP contribution in [0.2, 0.25) is 0 Å². The molecule has 0 N–H and O–H groups in total. The van der Waals surface area contributed by atoms with Gasteiger partial charge in [-0.05, 0) is 51.3 Å². The van der Waals surface area contributed by atoms with E-state index < -0.39 is 0 Å². The molecule has 3 rings (SSSR count). The second-order valence-corrected chi connectivity index (χ2v) is 7.49. The third-order valence-electron chi connectivity index (χ3n) is 4.46. The molecule has 1 saturated carbocycles.